The molecule has 0 spiro atoms. The van der Waals surface area contributed by atoms with E-state index in [9.17, 15) is 18.8 Å². The third-order valence-corrected chi connectivity index (χ3v) is 5.30. The van der Waals surface area contributed by atoms with E-state index < -0.39 is 11.7 Å². The summed E-state index contributed by atoms with van der Waals surface area (Å²) >= 11 is 0. The van der Waals surface area contributed by atoms with E-state index in [1.807, 2.05) is 35.2 Å². The van der Waals surface area contributed by atoms with Gasteiger partial charge in [0.25, 0.3) is 0 Å². The number of carbonyl (C=O) groups is 3. The lowest BCUT2D eigenvalue weighted by atomic mass is 9.97. The first kappa shape index (κ1) is 22.4. The third kappa shape index (κ3) is 6.62. The van der Waals surface area contributed by atoms with Gasteiger partial charge in [0.05, 0.1) is 12.5 Å². The molecule has 0 aliphatic carbocycles. The summed E-state index contributed by atoms with van der Waals surface area (Å²) < 4.78 is 13.3. The summed E-state index contributed by atoms with van der Waals surface area (Å²) in [5.74, 6) is -1.43. The molecule has 1 unspecified atom stereocenters. The highest BCUT2D eigenvalue weighted by Gasteiger charge is 2.28. The monoisotopic (exact) mass is 426 g/mol. The van der Waals surface area contributed by atoms with Gasteiger partial charge in [-0.05, 0) is 55.8 Å². The largest absolute Gasteiger partial charge is 0.370 e. The summed E-state index contributed by atoms with van der Waals surface area (Å²) in [6, 6.07) is 14.8. The van der Waals surface area contributed by atoms with Crippen molar-refractivity contribution in [2.24, 2.45) is 11.7 Å². The first-order valence-corrected chi connectivity index (χ1v) is 10.3. The number of hydrogen-bond donors (Lipinski definition) is 2. The molecule has 8 heteroatoms. The van der Waals surface area contributed by atoms with E-state index in [1.165, 1.54) is 29.2 Å². The molecule has 3 rings (SSSR count). The highest BCUT2D eigenvalue weighted by atomic mass is 19.1. The van der Waals surface area contributed by atoms with Gasteiger partial charge in [-0.2, -0.15) is 0 Å². The van der Waals surface area contributed by atoms with Crippen molar-refractivity contribution in [3.05, 3.63) is 60.4 Å². The van der Waals surface area contributed by atoms with E-state index in [2.05, 4.69) is 5.32 Å². The molecule has 0 saturated carbocycles. The Labute approximate surface area is 181 Å². The van der Waals surface area contributed by atoms with Crippen molar-refractivity contribution in [3.63, 3.8) is 0 Å². The molecule has 1 saturated heterocycles. The molecule has 164 valence electrons. The molecular formula is C23H27FN4O3. The molecule has 3 N–H and O–H groups in total. The first-order chi connectivity index (χ1) is 14.9. The number of benzene rings is 2. The zero-order chi connectivity index (χ0) is 22.2. The second kappa shape index (κ2) is 10.7. The average molecular weight is 426 g/mol. The van der Waals surface area contributed by atoms with E-state index in [0.29, 0.717) is 18.8 Å². The predicted octanol–water partition coefficient (Wildman–Crippen LogP) is 2.38. The SMILES string of the molecule is NC(=O)CCN(C(=O)CN1CCCC(C(=O)Nc2ccccc2)C1)c1ccc(F)cc1. The fraction of sp³-hybridized carbons (Fsp3) is 0.348. The van der Waals surface area contributed by atoms with Crippen LogP contribution in [0.25, 0.3) is 0 Å². The highest BCUT2D eigenvalue weighted by molar-refractivity contribution is 5.96. The van der Waals surface area contributed by atoms with Gasteiger partial charge in [-0.15, -0.1) is 0 Å². The smallest absolute Gasteiger partial charge is 0.241 e. The van der Waals surface area contributed by atoms with Gasteiger partial charge >= 0.3 is 0 Å². The minimum absolute atomic E-state index is 0.00518. The number of nitrogens with one attached hydrogen (secondary N) is 1. The molecule has 1 aliphatic heterocycles. The first-order valence-electron chi connectivity index (χ1n) is 10.3. The third-order valence-electron chi connectivity index (χ3n) is 5.30. The zero-order valence-corrected chi connectivity index (χ0v) is 17.3. The molecule has 2 aromatic rings. The van der Waals surface area contributed by atoms with Gasteiger partial charge in [0.2, 0.25) is 17.7 Å². The quantitative estimate of drug-likeness (QED) is 0.678. The number of anilines is 2. The number of carbonyl (C=O) groups excluding carboxylic acids is 3. The van der Waals surface area contributed by atoms with Crippen LogP contribution in [-0.2, 0) is 14.4 Å². The van der Waals surface area contributed by atoms with Crippen LogP contribution in [0.4, 0.5) is 15.8 Å². The maximum absolute atomic E-state index is 13.3. The lowest BCUT2D eigenvalue weighted by molar-refractivity contribution is -0.124. The topological polar surface area (TPSA) is 95.7 Å². The number of para-hydroxylation sites is 1. The van der Waals surface area contributed by atoms with Crippen LogP contribution in [0.3, 0.4) is 0 Å². The van der Waals surface area contributed by atoms with Crippen LogP contribution < -0.4 is 16.0 Å². The zero-order valence-electron chi connectivity index (χ0n) is 17.3. The summed E-state index contributed by atoms with van der Waals surface area (Å²) in [4.78, 5) is 40.3. The summed E-state index contributed by atoms with van der Waals surface area (Å²) in [5.41, 5.74) is 6.50. The second-order valence-corrected chi connectivity index (χ2v) is 7.67. The van der Waals surface area contributed by atoms with Gasteiger partial charge < -0.3 is 16.0 Å². The number of likely N-dealkylation sites (tertiary alicyclic amines) is 1. The van der Waals surface area contributed by atoms with E-state index in [1.54, 1.807) is 0 Å². The van der Waals surface area contributed by atoms with Crippen LogP contribution in [0.5, 0.6) is 0 Å². The summed E-state index contributed by atoms with van der Waals surface area (Å²) in [6.45, 7) is 1.39. The number of piperidine rings is 1. The number of nitrogens with two attached hydrogens (primary N) is 1. The molecule has 1 aliphatic rings. The Morgan fingerprint density at radius 1 is 1.10 bits per heavy atom. The minimum Gasteiger partial charge on any atom is -0.370 e. The van der Waals surface area contributed by atoms with E-state index in [4.69, 9.17) is 5.73 Å². The molecule has 0 radical (unpaired) electrons. The number of halogens is 1. The van der Waals surface area contributed by atoms with Crippen molar-refractivity contribution < 1.29 is 18.8 Å². The molecule has 31 heavy (non-hydrogen) atoms. The van der Waals surface area contributed by atoms with Crippen LogP contribution in [0.1, 0.15) is 19.3 Å². The van der Waals surface area contributed by atoms with Crippen LogP contribution in [-0.4, -0.2) is 48.8 Å². The van der Waals surface area contributed by atoms with Crippen LogP contribution in [0.2, 0.25) is 0 Å². The van der Waals surface area contributed by atoms with Gasteiger partial charge in [-0.1, -0.05) is 18.2 Å². The van der Waals surface area contributed by atoms with Crippen molar-refractivity contribution in [2.75, 3.05) is 36.4 Å². The molecule has 7 nitrogen and oxygen atoms in total. The Kier molecular flexibility index (Phi) is 7.72. The van der Waals surface area contributed by atoms with Gasteiger partial charge in [0.1, 0.15) is 5.82 Å². The number of nitrogens with zero attached hydrogens (tertiary/aromatic N) is 2. The molecule has 0 bridgehead atoms. The van der Waals surface area contributed by atoms with Crippen LogP contribution >= 0.6 is 0 Å². The van der Waals surface area contributed by atoms with Crippen molar-refractivity contribution >= 4 is 29.1 Å². The Hall–Kier alpha value is -3.26. The van der Waals surface area contributed by atoms with Crippen molar-refractivity contribution in [3.8, 4) is 0 Å². The van der Waals surface area contributed by atoms with Crippen LogP contribution in [0.15, 0.2) is 54.6 Å². The Bertz CT molecular complexity index is 905. The predicted molar refractivity (Wildman–Crippen MR) is 117 cm³/mol. The molecule has 1 fully saturated rings. The Morgan fingerprint density at radius 3 is 2.48 bits per heavy atom. The minimum atomic E-state index is -0.518. The fourth-order valence-electron chi connectivity index (χ4n) is 3.70. The summed E-state index contributed by atoms with van der Waals surface area (Å²) in [7, 11) is 0. The molecule has 1 atom stereocenters. The number of hydrogen-bond acceptors (Lipinski definition) is 4. The molecule has 2 aromatic carbocycles. The van der Waals surface area contributed by atoms with Crippen molar-refractivity contribution in [2.45, 2.75) is 19.3 Å². The van der Waals surface area contributed by atoms with E-state index >= 15 is 0 Å². The fourth-order valence-corrected chi connectivity index (χ4v) is 3.70. The normalized spacial score (nSPS) is 16.5. The summed E-state index contributed by atoms with van der Waals surface area (Å²) in [6.07, 6.45) is 1.57. The van der Waals surface area contributed by atoms with Gasteiger partial charge in [-0.25, -0.2) is 4.39 Å². The lowest BCUT2D eigenvalue weighted by Gasteiger charge is -2.33. The molecule has 1 heterocycles. The Morgan fingerprint density at radius 2 is 1.81 bits per heavy atom. The van der Waals surface area contributed by atoms with E-state index in [-0.39, 0.29) is 37.2 Å². The van der Waals surface area contributed by atoms with Gasteiger partial charge in [-0.3, -0.25) is 19.3 Å². The number of rotatable bonds is 8. The highest BCUT2D eigenvalue weighted by Crippen LogP contribution is 2.20. The standard InChI is InChI=1S/C23H27FN4O3/c24-18-8-10-20(11-9-18)28(14-12-21(25)29)22(30)16-27-13-4-5-17(15-27)23(31)26-19-6-2-1-3-7-19/h1-3,6-11,17H,4-5,12-16H2,(H2,25,29)(H,26,31). The lowest BCUT2D eigenvalue weighted by Crippen LogP contribution is -2.47. The van der Waals surface area contributed by atoms with Crippen LogP contribution in [0, 0.1) is 11.7 Å². The number of amides is 3. The van der Waals surface area contributed by atoms with Crippen molar-refractivity contribution in [1.29, 1.82) is 0 Å². The van der Waals surface area contributed by atoms with Gasteiger partial charge in [0.15, 0.2) is 0 Å². The van der Waals surface area contributed by atoms with Gasteiger partial charge in [0, 0.05) is 30.9 Å². The Balaban J connectivity index is 1.62. The maximum Gasteiger partial charge on any atom is 0.241 e. The molecular weight excluding hydrogens is 399 g/mol. The van der Waals surface area contributed by atoms with Crippen molar-refractivity contribution in [1.82, 2.24) is 4.90 Å². The van der Waals surface area contributed by atoms with E-state index in [0.717, 1.165) is 18.5 Å². The summed E-state index contributed by atoms with van der Waals surface area (Å²) in [5, 5.41) is 2.92. The maximum atomic E-state index is 13.3. The second-order valence-electron chi connectivity index (χ2n) is 7.67. The molecule has 0 aromatic heterocycles. The number of primary amides is 1. The molecule has 3 amide bonds. The average Bonchev–Trinajstić information content (AvgIpc) is 2.76.